The first-order chi connectivity index (χ1) is 13.7. The number of anilines is 1. The molecule has 0 aliphatic carbocycles. The van der Waals surface area contributed by atoms with Gasteiger partial charge in [0.05, 0.1) is 13.7 Å². The predicted octanol–water partition coefficient (Wildman–Crippen LogP) is 5.42. The van der Waals surface area contributed by atoms with Crippen LogP contribution in [0.15, 0.2) is 66.7 Å². The summed E-state index contributed by atoms with van der Waals surface area (Å²) in [6.07, 6.45) is 0. The molecule has 146 valence electrons. The van der Waals surface area contributed by atoms with Crippen LogP contribution in [-0.4, -0.2) is 13.7 Å². The molecular formula is C23H24FNO3. The number of benzene rings is 3. The zero-order valence-corrected chi connectivity index (χ0v) is 16.1. The summed E-state index contributed by atoms with van der Waals surface area (Å²) in [7, 11) is 1.64. The number of rotatable bonds is 9. The van der Waals surface area contributed by atoms with E-state index >= 15 is 0 Å². The summed E-state index contributed by atoms with van der Waals surface area (Å²) >= 11 is 0. The van der Waals surface area contributed by atoms with E-state index in [1.54, 1.807) is 25.3 Å². The fourth-order valence-corrected chi connectivity index (χ4v) is 2.81. The number of hydrogen-bond acceptors (Lipinski definition) is 4. The van der Waals surface area contributed by atoms with Crippen molar-refractivity contribution in [3.8, 4) is 17.2 Å². The Morgan fingerprint density at radius 2 is 1.61 bits per heavy atom. The Morgan fingerprint density at radius 1 is 0.857 bits per heavy atom. The SMILES string of the molecule is CCOc1cccc(CNc2ccc(OC)cc2)c1OCc1ccccc1F. The molecule has 0 heterocycles. The van der Waals surface area contributed by atoms with E-state index in [0.29, 0.717) is 30.2 Å². The van der Waals surface area contributed by atoms with Crippen LogP contribution in [0.2, 0.25) is 0 Å². The molecule has 0 saturated heterocycles. The lowest BCUT2D eigenvalue weighted by Gasteiger charge is -2.17. The first kappa shape index (κ1) is 19.5. The van der Waals surface area contributed by atoms with E-state index < -0.39 is 0 Å². The average Bonchev–Trinajstić information content (AvgIpc) is 2.73. The molecule has 3 aromatic rings. The van der Waals surface area contributed by atoms with Gasteiger partial charge in [-0.3, -0.25) is 0 Å². The number of nitrogens with one attached hydrogen (secondary N) is 1. The highest BCUT2D eigenvalue weighted by Gasteiger charge is 2.12. The summed E-state index contributed by atoms with van der Waals surface area (Å²) in [5, 5.41) is 3.37. The van der Waals surface area contributed by atoms with E-state index in [4.69, 9.17) is 14.2 Å². The van der Waals surface area contributed by atoms with Crippen LogP contribution in [0.3, 0.4) is 0 Å². The molecule has 0 bridgehead atoms. The summed E-state index contributed by atoms with van der Waals surface area (Å²) in [4.78, 5) is 0. The van der Waals surface area contributed by atoms with Crippen LogP contribution in [0, 0.1) is 5.82 Å². The molecule has 0 atom stereocenters. The Labute approximate surface area is 164 Å². The number of hydrogen-bond donors (Lipinski definition) is 1. The standard InChI is InChI=1S/C23H24FNO3/c1-3-27-22-10-6-8-17(15-25-19-11-13-20(26-2)14-12-19)23(22)28-16-18-7-4-5-9-21(18)24/h4-14,25H,3,15-16H2,1-2H3. The number of halogens is 1. The van der Waals surface area contributed by atoms with Crippen LogP contribution in [0.25, 0.3) is 0 Å². The van der Waals surface area contributed by atoms with E-state index in [9.17, 15) is 4.39 Å². The fraction of sp³-hybridized carbons (Fsp3) is 0.217. The molecule has 0 aromatic heterocycles. The molecular weight excluding hydrogens is 357 g/mol. The first-order valence-electron chi connectivity index (χ1n) is 9.20. The van der Waals surface area contributed by atoms with Gasteiger partial charge in [-0.25, -0.2) is 4.39 Å². The van der Waals surface area contributed by atoms with Gasteiger partial charge in [-0.05, 0) is 43.3 Å². The van der Waals surface area contributed by atoms with Crippen molar-refractivity contribution in [3.63, 3.8) is 0 Å². The minimum atomic E-state index is -0.283. The summed E-state index contributed by atoms with van der Waals surface area (Å²) in [6.45, 7) is 3.11. The Hall–Kier alpha value is -3.21. The van der Waals surface area contributed by atoms with Crippen LogP contribution in [0.5, 0.6) is 17.2 Å². The maximum absolute atomic E-state index is 13.9. The molecule has 0 aliphatic rings. The second-order valence-corrected chi connectivity index (χ2v) is 6.14. The Balaban J connectivity index is 1.77. The molecule has 5 heteroatoms. The van der Waals surface area contributed by atoms with Crippen molar-refractivity contribution in [1.82, 2.24) is 0 Å². The van der Waals surface area contributed by atoms with Crippen molar-refractivity contribution in [2.24, 2.45) is 0 Å². The Morgan fingerprint density at radius 3 is 2.32 bits per heavy atom. The van der Waals surface area contributed by atoms with Crippen LogP contribution < -0.4 is 19.5 Å². The molecule has 0 spiro atoms. The smallest absolute Gasteiger partial charge is 0.166 e. The van der Waals surface area contributed by atoms with Crippen LogP contribution in [0.4, 0.5) is 10.1 Å². The van der Waals surface area contributed by atoms with Gasteiger partial charge in [0.15, 0.2) is 11.5 Å². The van der Waals surface area contributed by atoms with Crippen molar-refractivity contribution < 1.29 is 18.6 Å². The third-order valence-corrected chi connectivity index (χ3v) is 4.26. The number of para-hydroxylation sites is 1. The topological polar surface area (TPSA) is 39.7 Å². The lowest BCUT2D eigenvalue weighted by molar-refractivity contribution is 0.263. The van der Waals surface area contributed by atoms with Gasteiger partial charge in [-0.15, -0.1) is 0 Å². The highest BCUT2D eigenvalue weighted by molar-refractivity contribution is 5.51. The Bertz CT molecular complexity index is 897. The molecule has 1 N–H and O–H groups in total. The minimum Gasteiger partial charge on any atom is -0.497 e. The summed E-state index contributed by atoms with van der Waals surface area (Å²) in [6, 6.07) is 20.0. The van der Waals surface area contributed by atoms with Gasteiger partial charge in [0.25, 0.3) is 0 Å². The van der Waals surface area contributed by atoms with Crippen molar-refractivity contribution >= 4 is 5.69 Å². The molecule has 0 radical (unpaired) electrons. The molecule has 4 nitrogen and oxygen atoms in total. The quantitative estimate of drug-likeness (QED) is 0.537. The normalized spacial score (nSPS) is 10.4. The molecule has 0 amide bonds. The van der Waals surface area contributed by atoms with E-state index in [0.717, 1.165) is 17.0 Å². The highest BCUT2D eigenvalue weighted by Crippen LogP contribution is 2.33. The van der Waals surface area contributed by atoms with Crippen LogP contribution in [-0.2, 0) is 13.2 Å². The zero-order valence-electron chi connectivity index (χ0n) is 16.1. The largest absolute Gasteiger partial charge is 0.497 e. The van der Waals surface area contributed by atoms with Crippen LogP contribution in [0.1, 0.15) is 18.1 Å². The molecule has 0 unspecified atom stereocenters. The minimum absolute atomic E-state index is 0.131. The van der Waals surface area contributed by atoms with Gasteiger partial charge in [0.1, 0.15) is 18.2 Å². The van der Waals surface area contributed by atoms with Crippen molar-refractivity contribution in [1.29, 1.82) is 0 Å². The number of ether oxygens (including phenoxy) is 3. The lowest BCUT2D eigenvalue weighted by Crippen LogP contribution is -2.07. The zero-order chi connectivity index (χ0) is 19.8. The van der Waals surface area contributed by atoms with Crippen molar-refractivity contribution in [3.05, 3.63) is 83.7 Å². The molecule has 3 aromatic carbocycles. The van der Waals surface area contributed by atoms with Gasteiger partial charge in [-0.2, -0.15) is 0 Å². The molecule has 0 aliphatic heterocycles. The lowest BCUT2D eigenvalue weighted by atomic mass is 10.1. The molecule has 28 heavy (non-hydrogen) atoms. The summed E-state index contributed by atoms with van der Waals surface area (Å²) in [5.74, 6) is 1.79. The van der Waals surface area contributed by atoms with Crippen molar-refractivity contribution in [2.75, 3.05) is 19.0 Å². The molecule has 0 saturated carbocycles. The van der Waals surface area contributed by atoms with Gasteiger partial charge < -0.3 is 19.5 Å². The first-order valence-corrected chi connectivity index (χ1v) is 9.20. The predicted molar refractivity (Wildman–Crippen MR) is 109 cm³/mol. The van der Waals surface area contributed by atoms with Gasteiger partial charge >= 0.3 is 0 Å². The highest BCUT2D eigenvalue weighted by atomic mass is 19.1. The number of methoxy groups -OCH3 is 1. The average molecular weight is 381 g/mol. The summed E-state index contributed by atoms with van der Waals surface area (Å²) in [5.41, 5.74) is 2.39. The fourth-order valence-electron chi connectivity index (χ4n) is 2.81. The second kappa shape index (κ2) is 9.65. The van der Waals surface area contributed by atoms with Gasteiger partial charge in [0, 0.05) is 23.4 Å². The van der Waals surface area contributed by atoms with Gasteiger partial charge in [0.2, 0.25) is 0 Å². The third-order valence-electron chi connectivity index (χ3n) is 4.26. The van der Waals surface area contributed by atoms with Crippen LogP contribution >= 0.6 is 0 Å². The maximum atomic E-state index is 13.9. The van der Waals surface area contributed by atoms with E-state index in [1.807, 2.05) is 49.4 Å². The maximum Gasteiger partial charge on any atom is 0.166 e. The summed E-state index contributed by atoms with van der Waals surface area (Å²) < 4.78 is 30.8. The second-order valence-electron chi connectivity index (χ2n) is 6.14. The van der Waals surface area contributed by atoms with E-state index in [1.165, 1.54) is 6.07 Å². The molecule has 3 rings (SSSR count). The van der Waals surface area contributed by atoms with E-state index in [-0.39, 0.29) is 12.4 Å². The van der Waals surface area contributed by atoms with E-state index in [2.05, 4.69) is 5.32 Å². The van der Waals surface area contributed by atoms with Gasteiger partial charge in [-0.1, -0.05) is 30.3 Å². The third kappa shape index (κ3) is 4.94. The van der Waals surface area contributed by atoms with Crippen molar-refractivity contribution in [2.45, 2.75) is 20.1 Å². The monoisotopic (exact) mass is 381 g/mol. The molecule has 0 fully saturated rings. The Kier molecular flexibility index (Phi) is 6.73.